The zero-order valence-corrected chi connectivity index (χ0v) is 12.0. The first kappa shape index (κ1) is 14.9. The van der Waals surface area contributed by atoms with Crippen molar-refractivity contribution in [3.63, 3.8) is 0 Å². The second kappa shape index (κ2) is 8.06. The zero-order chi connectivity index (χ0) is 12.7. The van der Waals surface area contributed by atoms with Crippen molar-refractivity contribution in [3.8, 4) is 0 Å². The van der Waals surface area contributed by atoms with Crippen molar-refractivity contribution in [1.29, 1.82) is 0 Å². The summed E-state index contributed by atoms with van der Waals surface area (Å²) >= 11 is 0. The summed E-state index contributed by atoms with van der Waals surface area (Å²) in [6.07, 6.45) is 4.13. The lowest BCUT2D eigenvalue weighted by atomic mass is 9.92. The van der Waals surface area contributed by atoms with Crippen LogP contribution < -0.4 is 5.32 Å². The van der Waals surface area contributed by atoms with Crippen LogP contribution >= 0.6 is 0 Å². The number of likely N-dealkylation sites (N-methyl/N-ethyl adjacent to an activating group) is 1. The van der Waals surface area contributed by atoms with Crippen LogP contribution in [0, 0.1) is 5.92 Å². The van der Waals surface area contributed by atoms with E-state index < -0.39 is 0 Å². The third-order valence-electron chi connectivity index (χ3n) is 3.81. The molecule has 1 aliphatic heterocycles. The van der Waals surface area contributed by atoms with Crippen LogP contribution in [0.15, 0.2) is 0 Å². The van der Waals surface area contributed by atoms with Crippen molar-refractivity contribution in [2.45, 2.75) is 52.2 Å². The highest BCUT2D eigenvalue weighted by Crippen LogP contribution is 2.19. The van der Waals surface area contributed by atoms with Gasteiger partial charge >= 0.3 is 0 Å². The molecule has 3 heteroatoms. The second-order valence-electron chi connectivity index (χ2n) is 5.29. The van der Waals surface area contributed by atoms with Crippen molar-refractivity contribution in [3.05, 3.63) is 0 Å². The van der Waals surface area contributed by atoms with E-state index in [0.717, 1.165) is 19.7 Å². The van der Waals surface area contributed by atoms with E-state index in [1.54, 1.807) is 0 Å². The fraction of sp³-hybridized carbons (Fsp3) is 1.00. The van der Waals surface area contributed by atoms with E-state index in [1.807, 2.05) is 0 Å². The molecule has 0 radical (unpaired) electrons. The molecule has 3 unspecified atom stereocenters. The van der Waals surface area contributed by atoms with Gasteiger partial charge in [0.2, 0.25) is 0 Å². The Bertz CT molecular complexity index is 197. The van der Waals surface area contributed by atoms with E-state index in [4.69, 9.17) is 4.74 Å². The molecule has 1 N–H and O–H groups in total. The Hall–Kier alpha value is -0.120. The van der Waals surface area contributed by atoms with E-state index >= 15 is 0 Å². The normalized spacial score (nSPS) is 25.8. The van der Waals surface area contributed by atoms with Crippen molar-refractivity contribution >= 4 is 0 Å². The average molecular weight is 242 g/mol. The predicted molar refractivity (Wildman–Crippen MR) is 73.4 cm³/mol. The molecule has 0 saturated carbocycles. The minimum absolute atomic E-state index is 0.363. The molecule has 102 valence electrons. The van der Waals surface area contributed by atoms with Crippen LogP contribution in [0.4, 0.5) is 0 Å². The minimum Gasteiger partial charge on any atom is -0.374 e. The van der Waals surface area contributed by atoms with E-state index in [1.165, 1.54) is 25.8 Å². The van der Waals surface area contributed by atoms with E-state index in [2.05, 4.69) is 38.0 Å². The Morgan fingerprint density at radius 2 is 2.12 bits per heavy atom. The number of rotatable bonds is 7. The molecule has 0 aromatic heterocycles. The topological polar surface area (TPSA) is 24.5 Å². The van der Waals surface area contributed by atoms with Crippen LogP contribution in [0.1, 0.15) is 40.0 Å². The largest absolute Gasteiger partial charge is 0.374 e. The molecule has 17 heavy (non-hydrogen) atoms. The molecule has 0 aliphatic carbocycles. The van der Waals surface area contributed by atoms with Gasteiger partial charge in [0.15, 0.2) is 0 Å². The summed E-state index contributed by atoms with van der Waals surface area (Å²) in [5.41, 5.74) is 0. The van der Waals surface area contributed by atoms with Crippen LogP contribution in [-0.2, 0) is 4.74 Å². The fourth-order valence-corrected chi connectivity index (χ4v) is 2.94. The number of morpholine rings is 1. The first-order valence-electron chi connectivity index (χ1n) is 7.24. The maximum absolute atomic E-state index is 5.97. The van der Waals surface area contributed by atoms with E-state index in [9.17, 15) is 0 Å². The summed E-state index contributed by atoms with van der Waals surface area (Å²) in [7, 11) is 2.07. The van der Waals surface area contributed by atoms with Crippen LogP contribution in [0.5, 0.6) is 0 Å². The fourth-order valence-electron chi connectivity index (χ4n) is 2.94. The Balaban J connectivity index is 2.49. The molecular formula is C14H30N2O. The number of nitrogens with one attached hydrogen (secondary N) is 1. The van der Waals surface area contributed by atoms with Gasteiger partial charge in [-0.05, 0) is 32.4 Å². The third kappa shape index (κ3) is 4.57. The summed E-state index contributed by atoms with van der Waals surface area (Å²) in [5.74, 6) is 0.691. The summed E-state index contributed by atoms with van der Waals surface area (Å²) < 4.78 is 5.97. The summed E-state index contributed by atoms with van der Waals surface area (Å²) in [4.78, 5) is 2.54. The Kier molecular flexibility index (Phi) is 7.09. The number of hydrogen-bond acceptors (Lipinski definition) is 3. The average Bonchev–Trinajstić information content (AvgIpc) is 2.31. The number of nitrogens with zero attached hydrogens (tertiary/aromatic N) is 1. The van der Waals surface area contributed by atoms with Crippen LogP contribution in [0.25, 0.3) is 0 Å². The van der Waals surface area contributed by atoms with Gasteiger partial charge in [-0.2, -0.15) is 0 Å². The van der Waals surface area contributed by atoms with E-state index in [0.29, 0.717) is 18.1 Å². The first-order chi connectivity index (χ1) is 8.22. The summed E-state index contributed by atoms with van der Waals surface area (Å²) in [5, 5.41) is 3.47. The predicted octanol–water partition coefficient (Wildman–Crippen LogP) is 2.12. The monoisotopic (exact) mass is 242 g/mol. The lowest BCUT2D eigenvalue weighted by Gasteiger charge is -2.39. The highest BCUT2D eigenvalue weighted by atomic mass is 16.5. The van der Waals surface area contributed by atoms with Gasteiger partial charge in [-0.1, -0.05) is 27.2 Å². The van der Waals surface area contributed by atoms with Crippen molar-refractivity contribution < 1.29 is 4.74 Å². The smallest absolute Gasteiger partial charge is 0.0857 e. The summed E-state index contributed by atoms with van der Waals surface area (Å²) in [6, 6.07) is 0.495. The van der Waals surface area contributed by atoms with Gasteiger partial charge < -0.3 is 10.1 Å². The van der Waals surface area contributed by atoms with E-state index in [-0.39, 0.29) is 0 Å². The molecule has 0 amide bonds. The Morgan fingerprint density at radius 3 is 2.71 bits per heavy atom. The standard InChI is InChI=1S/C14H30N2O/c1-5-7-12(3)14(15-4)13-11-16(8-6-2)9-10-17-13/h12-15H,5-11H2,1-4H3. The quantitative estimate of drug-likeness (QED) is 0.740. The van der Waals surface area contributed by atoms with Crippen LogP contribution in [0.3, 0.4) is 0 Å². The molecule has 3 atom stereocenters. The van der Waals surface area contributed by atoms with Crippen LogP contribution in [-0.4, -0.2) is 50.3 Å². The molecule has 0 aromatic rings. The first-order valence-corrected chi connectivity index (χ1v) is 7.24. The van der Waals surface area contributed by atoms with Crippen LogP contribution in [0.2, 0.25) is 0 Å². The molecule has 1 aliphatic rings. The molecule has 1 rings (SSSR count). The molecular weight excluding hydrogens is 212 g/mol. The van der Waals surface area contributed by atoms with Gasteiger partial charge in [-0.3, -0.25) is 4.90 Å². The highest BCUT2D eigenvalue weighted by Gasteiger charge is 2.29. The molecule has 1 heterocycles. The highest BCUT2D eigenvalue weighted by molar-refractivity contribution is 4.85. The minimum atomic E-state index is 0.363. The molecule has 3 nitrogen and oxygen atoms in total. The molecule has 0 aromatic carbocycles. The number of hydrogen-bond donors (Lipinski definition) is 1. The third-order valence-corrected chi connectivity index (χ3v) is 3.81. The number of ether oxygens (including phenoxy) is 1. The van der Waals surface area contributed by atoms with Crippen molar-refractivity contribution in [2.24, 2.45) is 5.92 Å². The molecule has 0 spiro atoms. The lowest BCUT2D eigenvalue weighted by Crippen LogP contribution is -2.53. The van der Waals surface area contributed by atoms with Gasteiger partial charge in [0.1, 0.15) is 0 Å². The zero-order valence-electron chi connectivity index (χ0n) is 12.0. The van der Waals surface area contributed by atoms with Gasteiger partial charge in [0.25, 0.3) is 0 Å². The van der Waals surface area contributed by atoms with Gasteiger partial charge in [-0.25, -0.2) is 0 Å². The summed E-state index contributed by atoms with van der Waals surface area (Å²) in [6.45, 7) is 11.1. The van der Waals surface area contributed by atoms with Crippen molar-refractivity contribution in [2.75, 3.05) is 33.3 Å². The second-order valence-corrected chi connectivity index (χ2v) is 5.29. The van der Waals surface area contributed by atoms with Gasteiger partial charge in [0, 0.05) is 19.1 Å². The van der Waals surface area contributed by atoms with Crippen molar-refractivity contribution in [1.82, 2.24) is 10.2 Å². The maximum atomic E-state index is 5.97. The van der Waals surface area contributed by atoms with Gasteiger partial charge in [-0.15, -0.1) is 0 Å². The Labute approximate surface area is 107 Å². The lowest BCUT2D eigenvalue weighted by molar-refractivity contribution is -0.0544. The van der Waals surface area contributed by atoms with Gasteiger partial charge in [0.05, 0.1) is 12.7 Å². The molecule has 1 saturated heterocycles. The molecule has 0 bridgehead atoms. The Morgan fingerprint density at radius 1 is 1.35 bits per heavy atom. The molecule has 1 fully saturated rings. The SMILES string of the molecule is CCCC(C)C(NC)C1CN(CCC)CCO1. The maximum Gasteiger partial charge on any atom is 0.0857 e.